The molecule has 0 spiro atoms. The van der Waals surface area contributed by atoms with Gasteiger partial charge in [0.05, 0.1) is 9.21 Å². The van der Waals surface area contributed by atoms with Crippen LogP contribution in [0.1, 0.15) is 29.4 Å². The van der Waals surface area contributed by atoms with Crippen molar-refractivity contribution in [2.75, 3.05) is 13.1 Å². The molecule has 2 N–H and O–H groups in total. The van der Waals surface area contributed by atoms with E-state index in [-0.39, 0.29) is 5.91 Å². The van der Waals surface area contributed by atoms with Gasteiger partial charge in [0, 0.05) is 12.6 Å². The first kappa shape index (κ1) is 12.9. The summed E-state index contributed by atoms with van der Waals surface area (Å²) in [6, 6.07) is 3.87. The van der Waals surface area contributed by atoms with Gasteiger partial charge in [0.15, 0.2) is 0 Å². The minimum atomic E-state index is 0.0903. The predicted octanol–water partition coefficient (Wildman–Crippen LogP) is 2.60. The van der Waals surface area contributed by atoms with Gasteiger partial charge in [-0.2, -0.15) is 0 Å². The molecule has 94 valence electrons. The first-order valence-electron chi connectivity index (χ1n) is 5.88. The van der Waals surface area contributed by atoms with Crippen LogP contribution in [0, 0.1) is 5.92 Å². The van der Waals surface area contributed by atoms with Crippen LogP contribution in [-0.2, 0) is 0 Å². The Morgan fingerprint density at radius 1 is 1.59 bits per heavy atom. The second-order valence-electron chi connectivity index (χ2n) is 4.59. The highest BCUT2D eigenvalue weighted by Crippen LogP contribution is 2.27. The topological polar surface area (TPSA) is 46.3 Å². The number of likely N-dealkylation sites (tertiary alicyclic amines) is 1. The van der Waals surface area contributed by atoms with Gasteiger partial charge in [-0.25, -0.2) is 0 Å². The lowest BCUT2D eigenvalue weighted by Gasteiger charge is -2.37. The number of nitrogens with zero attached hydrogens (tertiary/aromatic N) is 1. The molecule has 2 atom stereocenters. The highest BCUT2D eigenvalue weighted by atomic mass is 35.5. The van der Waals surface area contributed by atoms with Crippen LogP contribution in [0.4, 0.5) is 0 Å². The Kier molecular flexibility index (Phi) is 4.07. The second-order valence-corrected chi connectivity index (χ2v) is 6.30. The van der Waals surface area contributed by atoms with Crippen LogP contribution < -0.4 is 5.73 Å². The third-order valence-corrected chi connectivity index (χ3v) is 4.58. The molecular weight excluding hydrogens is 256 g/mol. The summed E-state index contributed by atoms with van der Waals surface area (Å²) in [7, 11) is 0. The first-order chi connectivity index (χ1) is 8.11. The molecule has 0 aliphatic carbocycles. The molecule has 1 aromatic rings. The quantitative estimate of drug-likeness (QED) is 0.900. The Morgan fingerprint density at radius 3 is 2.94 bits per heavy atom. The lowest BCUT2D eigenvalue weighted by atomic mass is 9.93. The maximum atomic E-state index is 12.3. The molecule has 1 fully saturated rings. The molecule has 2 heterocycles. The molecule has 1 aromatic heterocycles. The summed E-state index contributed by atoms with van der Waals surface area (Å²) in [4.78, 5) is 15.0. The zero-order valence-corrected chi connectivity index (χ0v) is 11.4. The second kappa shape index (κ2) is 5.38. The number of hydrogen-bond acceptors (Lipinski definition) is 3. The van der Waals surface area contributed by atoms with E-state index >= 15 is 0 Å². The van der Waals surface area contributed by atoms with Crippen molar-refractivity contribution in [3.8, 4) is 0 Å². The van der Waals surface area contributed by atoms with Crippen LogP contribution in [0.2, 0.25) is 4.34 Å². The summed E-state index contributed by atoms with van der Waals surface area (Å²) >= 11 is 7.21. The molecule has 1 saturated heterocycles. The molecule has 2 unspecified atom stereocenters. The van der Waals surface area contributed by atoms with E-state index in [1.165, 1.54) is 11.3 Å². The molecule has 0 radical (unpaired) electrons. The SMILES string of the molecule is CC1CCC(CN)CN1C(=O)c1ccc(Cl)s1. The van der Waals surface area contributed by atoms with Crippen molar-refractivity contribution in [2.24, 2.45) is 11.7 Å². The van der Waals surface area contributed by atoms with Gasteiger partial charge in [-0.15, -0.1) is 11.3 Å². The Hall–Kier alpha value is -0.580. The third-order valence-electron chi connectivity index (χ3n) is 3.36. The molecular formula is C12H17ClN2OS. The summed E-state index contributed by atoms with van der Waals surface area (Å²) in [5, 5.41) is 0. The standard InChI is InChI=1S/C12H17ClN2OS/c1-8-2-3-9(6-14)7-15(8)12(16)10-4-5-11(13)17-10/h4-5,8-9H,2-3,6-7,14H2,1H3. The van der Waals surface area contributed by atoms with E-state index in [4.69, 9.17) is 17.3 Å². The van der Waals surface area contributed by atoms with E-state index in [0.29, 0.717) is 22.8 Å². The number of thiophene rings is 1. The summed E-state index contributed by atoms with van der Waals surface area (Å²) in [6.45, 7) is 3.52. The fourth-order valence-corrected chi connectivity index (χ4v) is 3.23. The molecule has 1 aliphatic rings. The molecule has 3 nitrogen and oxygen atoms in total. The summed E-state index contributed by atoms with van der Waals surface area (Å²) < 4.78 is 0.661. The molecule has 1 amide bonds. The smallest absolute Gasteiger partial charge is 0.264 e. The van der Waals surface area contributed by atoms with Gasteiger partial charge < -0.3 is 10.6 Å². The van der Waals surface area contributed by atoms with E-state index in [1.54, 1.807) is 12.1 Å². The third kappa shape index (κ3) is 2.81. The number of piperidine rings is 1. The first-order valence-corrected chi connectivity index (χ1v) is 7.07. The van der Waals surface area contributed by atoms with Crippen molar-refractivity contribution >= 4 is 28.8 Å². The monoisotopic (exact) mass is 272 g/mol. The van der Waals surface area contributed by atoms with Gasteiger partial charge >= 0.3 is 0 Å². The van der Waals surface area contributed by atoms with Gasteiger partial charge in [-0.3, -0.25) is 4.79 Å². The average Bonchev–Trinajstić information content (AvgIpc) is 2.76. The molecule has 0 saturated carbocycles. The largest absolute Gasteiger partial charge is 0.335 e. The lowest BCUT2D eigenvalue weighted by molar-refractivity contribution is 0.0572. The normalized spacial score (nSPS) is 25.0. The molecule has 2 rings (SSSR count). The maximum absolute atomic E-state index is 12.3. The molecule has 0 bridgehead atoms. The number of halogens is 1. The molecule has 0 aromatic carbocycles. The molecule has 1 aliphatic heterocycles. The fraction of sp³-hybridized carbons (Fsp3) is 0.583. The van der Waals surface area contributed by atoms with Crippen LogP contribution in [0.15, 0.2) is 12.1 Å². The minimum Gasteiger partial charge on any atom is -0.335 e. The number of carbonyl (C=O) groups excluding carboxylic acids is 1. The van der Waals surface area contributed by atoms with E-state index in [1.807, 2.05) is 4.90 Å². The maximum Gasteiger partial charge on any atom is 0.264 e. The van der Waals surface area contributed by atoms with Gasteiger partial charge in [0.1, 0.15) is 0 Å². The van der Waals surface area contributed by atoms with Crippen LogP contribution >= 0.6 is 22.9 Å². The molecule has 17 heavy (non-hydrogen) atoms. The number of amides is 1. The zero-order chi connectivity index (χ0) is 12.4. The van der Waals surface area contributed by atoms with Crippen molar-refractivity contribution < 1.29 is 4.79 Å². The summed E-state index contributed by atoms with van der Waals surface area (Å²) in [5.41, 5.74) is 5.70. The van der Waals surface area contributed by atoms with Crippen LogP contribution in [-0.4, -0.2) is 29.9 Å². The minimum absolute atomic E-state index is 0.0903. The van der Waals surface area contributed by atoms with Gasteiger partial charge in [0.2, 0.25) is 0 Å². The Bertz CT molecular complexity index is 407. The van der Waals surface area contributed by atoms with E-state index in [0.717, 1.165) is 24.3 Å². The Morgan fingerprint density at radius 2 is 2.35 bits per heavy atom. The van der Waals surface area contributed by atoms with Gasteiger partial charge in [-0.05, 0) is 44.4 Å². The highest BCUT2D eigenvalue weighted by molar-refractivity contribution is 7.17. The summed E-state index contributed by atoms with van der Waals surface area (Å²) in [5.74, 6) is 0.526. The van der Waals surface area contributed by atoms with Crippen LogP contribution in [0.5, 0.6) is 0 Å². The summed E-state index contributed by atoms with van der Waals surface area (Å²) in [6.07, 6.45) is 2.15. The lowest BCUT2D eigenvalue weighted by Crippen LogP contribution is -2.46. The average molecular weight is 273 g/mol. The predicted molar refractivity (Wildman–Crippen MR) is 71.6 cm³/mol. The van der Waals surface area contributed by atoms with E-state index in [2.05, 4.69) is 6.92 Å². The zero-order valence-electron chi connectivity index (χ0n) is 9.86. The van der Waals surface area contributed by atoms with Crippen LogP contribution in [0.25, 0.3) is 0 Å². The number of nitrogens with two attached hydrogens (primary N) is 1. The Labute approximate surface area is 111 Å². The van der Waals surface area contributed by atoms with Crippen molar-refractivity contribution in [1.82, 2.24) is 4.90 Å². The van der Waals surface area contributed by atoms with E-state index in [9.17, 15) is 4.79 Å². The van der Waals surface area contributed by atoms with Gasteiger partial charge in [0.25, 0.3) is 5.91 Å². The van der Waals surface area contributed by atoms with Crippen LogP contribution in [0.3, 0.4) is 0 Å². The van der Waals surface area contributed by atoms with Crippen molar-refractivity contribution in [3.05, 3.63) is 21.3 Å². The van der Waals surface area contributed by atoms with Crippen molar-refractivity contribution in [1.29, 1.82) is 0 Å². The highest BCUT2D eigenvalue weighted by Gasteiger charge is 2.29. The fourth-order valence-electron chi connectivity index (χ4n) is 2.23. The number of carbonyl (C=O) groups is 1. The van der Waals surface area contributed by atoms with Gasteiger partial charge in [-0.1, -0.05) is 11.6 Å². The Balaban J connectivity index is 2.12. The number of hydrogen-bond donors (Lipinski definition) is 1. The number of rotatable bonds is 2. The van der Waals surface area contributed by atoms with E-state index < -0.39 is 0 Å². The molecule has 5 heteroatoms. The van der Waals surface area contributed by atoms with Crippen molar-refractivity contribution in [2.45, 2.75) is 25.8 Å². The van der Waals surface area contributed by atoms with Crippen molar-refractivity contribution in [3.63, 3.8) is 0 Å².